The molecule has 6 rings (SSSR count). The quantitative estimate of drug-likeness (QED) is 0.642. The van der Waals surface area contributed by atoms with Gasteiger partial charge in [-0.2, -0.15) is 0 Å². The summed E-state index contributed by atoms with van der Waals surface area (Å²) in [6, 6.07) is 0. The Kier molecular flexibility index (Phi) is 2.18. The Bertz CT molecular complexity index is 510. The van der Waals surface area contributed by atoms with Crippen molar-refractivity contribution in [2.24, 2.45) is 52.8 Å². The summed E-state index contributed by atoms with van der Waals surface area (Å²) in [6.07, 6.45) is 13.9. The molecular formula is C20H28O. The Morgan fingerprint density at radius 1 is 0.667 bits per heavy atom. The number of Topliss-reactive ketones (excluding diaryl/α,β-unsaturated/α-hetero) is 1. The van der Waals surface area contributed by atoms with Crippen molar-refractivity contribution in [3.63, 3.8) is 0 Å². The van der Waals surface area contributed by atoms with E-state index >= 15 is 0 Å². The maximum atomic E-state index is 13.4. The van der Waals surface area contributed by atoms with E-state index in [9.17, 15) is 4.79 Å². The topological polar surface area (TPSA) is 17.1 Å². The van der Waals surface area contributed by atoms with Crippen molar-refractivity contribution in [1.82, 2.24) is 0 Å². The number of carbonyl (C=O) groups excluding carboxylic acids is 1. The second kappa shape index (κ2) is 3.77. The standard InChI is InChI=1S/C20H28O/c21-17-9-13-3-1-11-5-7-15(18(11)13)20(17)10-14-4-2-12-6-8-16(20)19(12)14/h11-16,18-19H,1-10H2/t11-,12-,13-,14-,15-,16-,18-,19+,20-/m0/s1. The summed E-state index contributed by atoms with van der Waals surface area (Å²) >= 11 is 0. The highest BCUT2D eigenvalue weighted by Crippen LogP contribution is 2.73. The molecule has 114 valence electrons. The lowest BCUT2D eigenvalue weighted by Crippen LogP contribution is -2.50. The third kappa shape index (κ3) is 1.23. The van der Waals surface area contributed by atoms with Crippen LogP contribution >= 0.6 is 0 Å². The Hall–Kier alpha value is -0.330. The molecule has 1 spiro atoms. The van der Waals surface area contributed by atoms with Crippen LogP contribution in [0.15, 0.2) is 0 Å². The fourth-order valence-corrected chi connectivity index (χ4v) is 9.20. The molecule has 0 aliphatic heterocycles. The van der Waals surface area contributed by atoms with E-state index in [-0.39, 0.29) is 5.41 Å². The minimum Gasteiger partial charge on any atom is -0.299 e. The molecule has 0 saturated heterocycles. The molecule has 6 aliphatic rings. The molecule has 1 heteroatoms. The van der Waals surface area contributed by atoms with Gasteiger partial charge in [-0.15, -0.1) is 0 Å². The molecule has 0 heterocycles. The smallest absolute Gasteiger partial charge is 0.139 e. The summed E-state index contributed by atoms with van der Waals surface area (Å²) in [5.74, 6) is 8.15. The van der Waals surface area contributed by atoms with Gasteiger partial charge in [-0.1, -0.05) is 0 Å². The molecule has 6 aliphatic carbocycles. The molecular weight excluding hydrogens is 256 g/mol. The van der Waals surface area contributed by atoms with Crippen LogP contribution in [0.25, 0.3) is 0 Å². The fourth-order valence-electron chi connectivity index (χ4n) is 9.20. The summed E-state index contributed by atoms with van der Waals surface area (Å²) in [4.78, 5) is 13.4. The lowest BCUT2D eigenvalue weighted by Gasteiger charge is -2.48. The Morgan fingerprint density at radius 3 is 1.90 bits per heavy atom. The van der Waals surface area contributed by atoms with Gasteiger partial charge < -0.3 is 0 Å². The van der Waals surface area contributed by atoms with E-state index in [1.807, 2.05) is 0 Å². The number of hydrogen-bond acceptors (Lipinski definition) is 1. The molecule has 0 N–H and O–H groups in total. The zero-order valence-electron chi connectivity index (χ0n) is 13.1. The van der Waals surface area contributed by atoms with Gasteiger partial charge >= 0.3 is 0 Å². The van der Waals surface area contributed by atoms with Crippen LogP contribution in [0.2, 0.25) is 0 Å². The van der Waals surface area contributed by atoms with Crippen molar-refractivity contribution in [3.05, 3.63) is 0 Å². The van der Waals surface area contributed by atoms with Gasteiger partial charge in [0.1, 0.15) is 5.78 Å². The lowest BCUT2D eigenvalue weighted by molar-refractivity contribution is -0.144. The van der Waals surface area contributed by atoms with Crippen LogP contribution in [0.5, 0.6) is 0 Å². The first kappa shape index (κ1) is 12.1. The van der Waals surface area contributed by atoms with Crippen LogP contribution in [0.4, 0.5) is 0 Å². The predicted octanol–water partition coefficient (Wildman–Crippen LogP) is 4.45. The highest BCUT2D eigenvalue weighted by atomic mass is 16.1. The van der Waals surface area contributed by atoms with Gasteiger partial charge in [0.05, 0.1) is 0 Å². The van der Waals surface area contributed by atoms with E-state index in [4.69, 9.17) is 0 Å². The maximum absolute atomic E-state index is 13.4. The van der Waals surface area contributed by atoms with Crippen LogP contribution in [0.3, 0.4) is 0 Å². The van der Waals surface area contributed by atoms with E-state index in [1.54, 1.807) is 0 Å². The van der Waals surface area contributed by atoms with E-state index in [0.29, 0.717) is 0 Å². The van der Waals surface area contributed by atoms with Crippen LogP contribution in [-0.2, 0) is 4.79 Å². The summed E-state index contributed by atoms with van der Waals surface area (Å²) in [5, 5.41) is 0. The van der Waals surface area contributed by atoms with Crippen molar-refractivity contribution < 1.29 is 4.79 Å². The van der Waals surface area contributed by atoms with Crippen molar-refractivity contribution in [1.29, 1.82) is 0 Å². The minimum atomic E-state index is 0.199. The highest BCUT2D eigenvalue weighted by molar-refractivity contribution is 5.87. The first-order valence-corrected chi connectivity index (χ1v) is 9.82. The number of rotatable bonds is 0. The molecule has 0 radical (unpaired) electrons. The number of hydrogen-bond donors (Lipinski definition) is 0. The average molecular weight is 284 g/mol. The van der Waals surface area contributed by atoms with Crippen molar-refractivity contribution in [3.8, 4) is 0 Å². The molecule has 9 atom stereocenters. The average Bonchev–Trinajstić information content (AvgIpc) is 3.22. The van der Waals surface area contributed by atoms with Crippen molar-refractivity contribution in [2.45, 2.75) is 64.2 Å². The van der Waals surface area contributed by atoms with Crippen LogP contribution in [0.1, 0.15) is 64.2 Å². The van der Waals surface area contributed by atoms with Crippen molar-refractivity contribution in [2.75, 3.05) is 0 Å². The molecule has 0 unspecified atom stereocenters. The van der Waals surface area contributed by atoms with E-state index < -0.39 is 0 Å². The second-order valence-corrected chi connectivity index (χ2v) is 9.59. The Morgan fingerprint density at radius 2 is 1.19 bits per heavy atom. The predicted molar refractivity (Wildman–Crippen MR) is 81.5 cm³/mol. The van der Waals surface area contributed by atoms with E-state index in [0.717, 1.165) is 59.5 Å². The molecule has 0 aromatic carbocycles. The minimum absolute atomic E-state index is 0.199. The molecule has 21 heavy (non-hydrogen) atoms. The first-order chi connectivity index (χ1) is 10.3. The largest absolute Gasteiger partial charge is 0.299 e. The highest BCUT2D eigenvalue weighted by Gasteiger charge is 2.69. The number of fused-ring (bicyclic) bond motifs is 2. The van der Waals surface area contributed by atoms with Gasteiger partial charge in [-0.25, -0.2) is 0 Å². The Balaban J connectivity index is 1.47. The fraction of sp³-hybridized carbons (Fsp3) is 0.950. The molecule has 6 saturated carbocycles. The van der Waals surface area contributed by atoms with Gasteiger partial charge in [0.2, 0.25) is 0 Å². The van der Waals surface area contributed by atoms with Crippen molar-refractivity contribution >= 4 is 5.78 Å². The molecule has 6 fully saturated rings. The second-order valence-electron chi connectivity index (χ2n) is 9.59. The third-order valence-electron chi connectivity index (χ3n) is 9.51. The monoisotopic (exact) mass is 284 g/mol. The van der Waals surface area contributed by atoms with Crippen LogP contribution in [-0.4, -0.2) is 5.78 Å². The molecule has 0 amide bonds. The van der Waals surface area contributed by atoms with Gasteiger partial charge in [-0.3, -0.25) is 4.79 Å². The van der Waals surface area contributed by atoms with Crippen LogP contribution in [0, 0.1) is 52.8 Å². The maximum Gasteiger partial charge on any atom is 0.139 e. The molecule has 0 aromatic rings. The first-order valence-electron chi connectivity index (χ1n) is 9.82. The van der Waals surface area contributed by atoms with Gasteiger partial charge in [0.15, 0.2) is 0 Å². The summed E-state index contributed by atoms with van der Waals surface area (Å²) in [6.45, 7) is 0. The van der Waals surface area contributed by atoms with Crippen LogP contribution < -0.4 is 0 Å². The zero-order valence-corrected chi connectivity index (χ0v) is 13.1. The van der Waals surface area contributed by atoms with Gasteiger partial charge in [0, 0.05) is 11.8 Å². The lowest BCUT2D eigenvalue weighted by atomic mass is 9.54. The van der Waals surface area contributed by atoms with E-state index in [1.165, 1.54) is 57.8 Å². The number of ketones is 1. The summed E-state index contributed by atoms with van der Waals surface area (Å²) < 4.78 is 0. The molecule has 1 nitrogen and oxygen atoms in total. The third-order valence-corrected chi connectivity index (χ3v) is 9.51. The normalized spacial score (nSPS) is 63.5. The summed E-state index contributed by atoms with van der Waals surface area (Å²) in [5.41, 5.74) is 0.199. The molecule has 0 aromatic heterocycles. The zero-order chi connectivity index (χ0) is 13.8. The van der Waals surface area contributed by atoms with Gasteiger partial charge in [0.25, 0.3) is 0 Å². The molecule has 0 bridgehead atoms. The van der Waals surface area contributed by atoms with Gasteiger partial charge in [-0.05, 0) is 105 Å². The van der Waals surface area contributed by atoms with E-state index in [2.05, 4.69) is 0 Å². The number of carbonyl (C=O) groups is 1. The summed E-state index contributed by atoms with van der Waals surface area (Å²) in [7, 11) is 0. The SMILES string of the molecule is O=C1C[C@@H]2CC[C@H]3CC[C@@H]([C@@H]32)[C@]12C[C@@H]1CC[C@H]3CC[C@H]2[C@H]31. The Labute approximate surface area is 128 Å².